The number of aromatic nitrogens is 3. The molecule has 0 aromatic carbocycles. The summed E-state index contributed by atoms with van der Waals surface area (Å²) in [6.45, 7) is 0. The topological polar surface area (TPSA) is 84.7 Å². The average Bonchev–Trinajstić information content (AvgIpc) is 2.87. The molecule has 0 saturated heterocycles. The van der Waals surface area contributed by atoms with Crippen molar-refractivity contribution in [2.45, 2.75) is 24.9 Å². The predicted molar refractivity (Wildman–Crippen MR) is 75.2 cm³/mol. The van der Waals surface area contributed by atoms with Crippen molar-refractivity contribution in [3.8, 4) is 11.3 Å². The van der Waals surface area contributed by atoms with Crippen LogP contribution < -0.4 is 5.73 Å². The summed E-state index contributed by atoms with van der Waals surface area (Å²) in [5.41, 5.74) is 5.86. The van der Waals surface area contributed by atoms with Crippen molar-refractivity contribution >= 4 is 11.6 Å². The van der Waals surface area contributed by atoms with Crippen LogP contribution in [0.3, 0.4) is 0 Å². The Morgan fingerprint density at radius 3 is 2.57 bits per heavy atom. The Kier molecular flexibility index (Phi) is 2.82. The van der Waals surface area contributed by atoms with Gasteiger partial charge in [-0.3, -0.25) is 9.89 Å². The summed E-state index contributed by atoms with van der Waals surface area (Å²) < 4.78 is 38.7. The van der Waals surface area contributed by atoms with Gasteiger partial charge in [0.1, 0.15) is 11.6 Å². The third kappa shape index (κ3) is 2.29. The van der Waals surface area contributed by atoms with Crippen LogP contribution >= 0.6 is 0 Å². The minimum Gasteiger partial charge on any atom is -0.383 e. The summed E-state index contributed by atoms with van der Waals surface area (Å²) in [6.07, 6.45) is -2.10. The van der Waals surface area contributed by atoms with Gasteiger partial charge in [-0.25, -0.2) is 4.98 Å². The van der Waals surface area contributed by atoms with Crippen molar-refractivity contribution in [2.75, 3.05) is 5.73 Å². The summed E-state index contributed by atoms with van der Waals surface area (Å²) in [7, 11) is 0. The Balaban J connectivity index is 1.62. The number of nitrogens with two attached hydrogens (primary N) is 1. The predicted octanol–water partition coefficient (Wildman–Crippen LogP) is 2.77. The zero-order valence-electron chi connectivity index (χ0n) is 11.9. The highest BCUT2D eigenvalue weighted by molar-refractivity contribution is 5.83. The molecule has 2 aromatic heterocycles. The molecule has 0 amide bonds. The molecule has 2 saturated carbocycles. The summed E-state index contributed by atoms with van der Waals surface area (Å²) in [4.78, 5) is 14.9. The molecule has 23 heavy (non-hydrogen) atoms. The van der Waals surface area contributed by atoms with Gasteiger partial charge in [-0.15, -0.1) is 0 Å². The van der Waals surface area contributed by atoms with Gasteiger partial charge < -0.3 is 5.73 Å². The van der Waals surface area contributed by atoms with Gasteiger partial charge in [-0.1, -0.05) is 0 Å². The number of anilines is 1. The van der Waals surface area contributed by atoms with Crippen molar-refractivity contribution in [2.24, 2.45) is 11.8 Å². The van der Waals surface area contributed by atoms with E-state index in [9.17, 15) is 18.0 Å². The molecule has 2 fully saturated rings. The molecule has 2 unspecified atom stereocenters. The lowest BCUT2D eigenvalue weighted by Gasteiger charge is -2.09. The lowest BCUT2D eigenvalue weighted by atomic mass is 10.1. The van der Waals surface area contributed by atoms with E-state index < -0.39 is 17.6 Å². The molecule has 0 radical (unpaired) electrons. The lowest BCUT2D eigenvalue weighted by molar-refractivity contribution is -0.137. The first-order chi connectivity index (χ1) is 10.8. The van der Waals surface area contributed by atoms with E-state index in [2.05, 4.69) is 15.2 Å². The maximum atomic E-state index is 12.9. The Hall–Kier alpha value is -2.38. The van der Waals surface area contributed by atoms with Gasteiger partial charge in [0, 0.05) is 36.2 Å². The van der Waals surface area contributed by atoms with Crippen molar-refractivity contribution in [1.82, 2.24) is 15.2 Å². The number of carbonyl (C=O) groups is 1. The number of rotatable bonds is 2. The van der Waals surface area contributed by atoms with Crippen molar-refractivity contribution in [1.29, 1.82) is 0 Å². The molecule has 0 bridgehead atoms. The number of Topliss-reactive ketones (excluding diaryl/α,β-unsaturated/α-hetero) is 1. The van der Waals surface area contributed by atoms with Gasteiger partial charge in [-0.2, -0.15) is 18.3 Å². The van der Waals surface area contributed by atoms with Crippen molar-refractivity contribution in [3.63, 3.8) is 0 Å². The Morgan fingerprint density at radius 2 is 1.91 bits per heavy atom. The zero-order chi connectivity index (χ0) is 16.4. The zero-order valence-corrected chi connectivity index (χ0v) is 11.9. The van der Waals surface area contributed by atoms with E-state index in [4.69, 9.17) is 5.73 Å². The standard InChI is InChI=1S/C15H13F3N4O/c16-15(17,18)10-1-6(5-20-14(10)19)11-4-12(22-21-11)13-8-2-7(23)3-9(8)13/h1,4-5,8-9,13H,2-3H2,(H2,19,20)(H,21,22). The highest BCUT2D eigenvalue weighted by Gasteiger charge is 2.57. The molecule has 120 valence electrons. The van der Waals surface area contributed by atoms with Crippen LogP contribution in [0.2, 0.25) is 0 Å². The van der Waals surface area contributed by atoms with E-state index >= 15 is 0 Å². The number of pyridine rings is 1. The number of halogens is 3. The first kappa shape index (κ1) is 14.2. The van der Waals surface area contributed by atoms with Crippen LogP contribution in [0, 0.1) is 11.8 Å². The first-order valence-electron chi connectivity index (χ1n) is 7.24. The second-order valence-corrected chi connectivity index (χ2v) is 6.16. The number of H-pyrrole nitrogens is 1. The molecule has 0 aliphatic heterocycles. The maximum Gasteiger partial charge on any atom is 0.419 e. The fourth-order valence-electron chi connectivity index (χ4n) is 3.57. The number of hydrogen-bond acceptors (Lipinski definition) is 4. The second kappa shape index (κ2) is 4.56. The number of hydrogen-bond donors (Lipinski definition) is 2. The summed E-state index contributed by atoms with van der Waals surface area (Å²) in [5, 5.41) is 6.97. The van der Waals surface area contributed by atoms with Gasteiger partial charge >= 0.3 is 6.18 Å². The minimum absolute atomic E-state index is 0.260. The number of carbonyl (C=O) groups excluding carboxylic acids is 1. The van der Waals surface area contributed by atoms with Crippen molar-refractivity contribution < 1.29 is 18.0 Å². The molecule has 8 heteroatoms. The van der Waals surface area contributed by atoms with Gasteiger partial charge in [-0.05, 0) is 24.0 Å². The third-order valence-electron chi connectivity index (χ3n) is 4.73. The first-order valence-corrected chi connectivity index (χ1v) is 7.24. The smallest absolute Gasteiger partial charge is 0.383 e. The quantitative estimate of drug-likeness (QED) is 0.890. The molecule has 0 spiro atoms. The largest absolute Gasteiger partial charge is 0.419 e. The monoisotopic (exact) mass is 322 g/mol. The molecule has 3 N–H and O–H groups in total. The molecule has 2 aromatic rings. The SMILES string of the molecule is Nc1ncc(-c2cc(C3C4CC(=O)CC43)[nH]n2)cc1C(F)(F)F. The molecule has 5 nitrogen and oxygen atoms in total. The van der Waals surface area contributed by atoms with E-state index in [0.29, 0.717) is 30.4 Å². The Bertz CT molecular complexity index is 784. The summed E-state index contributed by atoms with van der Waals surface area (Å²) in [6, 6.07) is 2.69. The van der Waals surface area contributed by atoms with E-state index in [1.807, 2.05) is 0 Å². The highest BCUT2D eigenvalue weighted by atomic mass is 19.4. The fraction of sp³-hybridized carbons (Fsp3) is 0.400. The summed E-state index contributed by atoms with van der Waals surface area (Å²) in [5.74, 6) is 0.704. The van der Waals surface area contributed by atoms with Crippen LogP contribution in [0.15, 0.2) is 18.3 Å². The van der Waals surface area contributed by atoms with E-state index in [1.165, 1.54) is 6.20 Å². The number of alkyl halides is 3. The van der Waals surface area contributed by atoms with Crippen LogP contribution in [-0.4, -0.2) is 21.0 Å². The molecule has 4 rings (SSSR count). The van der Waals surface area contributed by atoms with Crippen molar-refractivity contribution in [3.05, 3.63) is 29.6 Å². The van der Waals surface area contributed by atoms with Gasteiger partial charge in [0.2, 0.25) is 0 Å². The molecule has 2 aliphatic carbocycles. The van der Waals surface area contributed by atoms with Crippen LogP contribution in [-0.2, 0) is 11.0 Å². The number of aromatic amines is 1. The van der Waals surface area contributed by atoms with E-state index in [1.54, 1.807) is 6.07 Å². The molecular weight excluding hydrogens is 309 g/mol. The number of ketones is 1. The fourth-order valence-corrected chi connectivity index (χ4v) is 3.57. The number of nitrogens with one attached hydrogen (secondary N) is 1. The molecule has 2 heterocycles. The van der Waals surface area contributed by atoms with Crippen LogP contribution in [0.4, 0.5) is 19.0 Å². The molecule has 2 atom stereocenters. The van der Waals surface area contributed by atoms with E-state index in [0.717, 1.165) is 11.8 Å². The number of nitrogen functional groups attached to an aromatic ring is 1. The minimum atomic E-state index is -4.56. The van der Waals surface area contributed by atoms with E-state index in [-0.39, 0.29) is 17.3 Å². The second-order valence-electron chi connectivity index (χ2n) is 6.16. The molecule has 2 aliphatic rings. The van der Waals surface area contributed by atoms with Gasteiger partial charge in [0.25, 0.3) is 0 Å². The Morgan fingerprint density at radius 1 is 1.22 bits per heavy atom. The number of nitrogens with zero attached hydrogens (tertiary/aromatic N) is 2. The lowest BCUT2D eigenvalue weighted by Crippen LogP contribution is -2.10. The van der Waals surface area contributed by atoms with Gasteiger partial charge in [0.05, 0.1) is 11.3 Å². The normalized spacial score (nSPS) is 26.4. The highest BCUT2D eigenvalue weighted by Crippen LogP contribution is 2.61. The van der Waals surface area contributed by atoms with Gasteiger partial charge in [0.15, 0.2) is 0 Å². The molecular formula is C15H13F3N4O. The maximum absolute atomic E-state index is 12.9. The van der Waals surface area contributed by atoms with Crippen LogP contribution in [0.25, 0.3) is 11.3 Å². The van der Waals surface area contributed by atoms with Crippen LogP contribution in [0.5, 0.6) is 0 Å². The average molecular weight is 322 g/mol. The number of fused-ring (bicyclic) bond motifs is 1. The summed E-state index contributed by atoms with van der Waals surface area (Å²) >= 11 is 0. The Labute approximate surface area is 129 Å². The van der Waals surface area contributed by atoms with Crippen LogP contribution in [0.1, 0.15) is 30.0 Å². The third-order valence-corrected chi connectivity index (χ3v) is 4.73.